The van der Waals surface area contributed by atoms with E-state index < -0.39 is 9.84 Å². The highest BCUT2D eigenvalue weighted by Gasteiger charge is 2.13. The number of fused-ring (bicyclic) bond motifs is 1. The average Bonchev–Trinajstić information content (AvgIpc) is 2.37. The van der Waals surface area contributed by atoms with Gasteiger partial charge < -0.3 is 10.5 Å². The van der Waals surface area contributed by atoms with E-state index in [1.165, 1.54) is 0 Å². The minimum Gasteiger partial charge on any atom is -0.497 e. The van der Waals surface area contributed by atoms with E-state index in [2.05, 4.69) is 0 Å². The molecule has 0 aliphatic carbocycles. The molecule has 0 amide bonds. The number of hydrogen-bond acceptors (Lipinski definition) is 4. The number of sulfone groups is 1. The van der Waals surface area contributed by atoms with Gasteiger partial charge in [0.2, 0.25) is 0 Å². The Morgan fingerprint density at radius 3 is 2.44 bits per heavy atom. The Morgan fingerprint density at radius 1 is 1.11 bits per heavy atom. The first-order valence-corrected chi connectivity index (χ1v) is 7.23. The van der Waals surface area contributed by atoms with Gasteiger partial charge in [-0.05, 0) is 35.0 Å². The van der Waals surface area contributed by atoms with Gasteiger partial charge in [0.25, 0.3) is 0 Å². The van der Waals surface area contributed by atoms with Gasteiger partial charge in [0, 0.05) is 6.54 Å². The fourth-order valence-electron chi connectivity index (χ4n) is 1.80. The molecule has 0 fully saturated rings. The minimum atomic E-state index is -3.27. The lowest BCUT2D eigenvalue weighted by Gasteiger charge is -2.06. The summed E-state index contributed by atoms with van der Waals surface area (Å²) in [7, 11) is -1.68. The second-order valence-electron chi connectivity index (χ2n) is 3.98. The zero-order valence-corrected chi connectivity index (χ0v) is 10.9. The highest BCUT2D eigenvalue weighted by Crippen LogP contribution is 2.23. The molecule has 2 aromatic carbocycles. The molecule has 0 aromatic heterocycles. The standard InChI is InChI=1S/C13H15NO3S/c1-17-12-4-2-11-9-13(5-3-10(11)8-12)18(15,16)7-6-14/h2-5,8-9H,6-7,14H2,1H3. The lowest BCUT2D eigenvalue weighted by atomic mass is 10.1. The van der Waals surface area contributed by atoms with Crippen LogP contribution in [-0.2, 0) is 9.84 Å². The van der Waals surface area contributed by atoms with E-state index in [0.717, 1.165) is 16.5 Å². The molecule has 5 heteroatoms. The smallest absolute Gasteiger partial charge is 0.179 e. The van der Waals surface area contributed by atoms with Crippen molar-refractivity contribution in [3.63, 3.8) is 0 Å². The summed E-state index contributed by atoms with van der Waals surface area (Å²) in [5, 5.41) is 1.81. The molecule has 0 unspecified atom stereocenters. The Bertz CT molecular complexity index is 665. The van der Waals surface area contributed by atoms with E-state index in [9.17, 15) is 8.42 Å². The number of ether oxygens (including phenoxy) is 1. The maximum atomic E-state index is 11.9. The first kappa shape index (κ1) is 12.9. The van der Waals surface area contributed by atoms with Gasteiger partial charge in [-0.3, -0.25) is 0 Å². The van der Waals surface area contributed by atoms with E-state index in [1.54, 1.807) is 25.3 Å². The molecule has 18 heavy (non-hydrogen) atoms. The van der Waals surface area contributed by atoms with Crippen LogP contribution in [0.25, 0.3) is 10.8 Å². The molecule has 0 saturated carbocycles. The molecular weight excluding hydrogens is 250 g/mol. The van der Waals surface area contributed by atoms with Crippen molar-refractivity contribution in [2.45, 2.75) is 4.90 Å². The Kier molecular flexibility index (Phi) is 3.54. The minimum absolute atomic E-state index is 0.0331. The van der Waals surface area contributed by atoms with E-state index in [0.29, 0.717) is 4.90 Å². The fourth-order valence-corrected chi connectivity index (χ4v) is 2.92. The van der Waals surface area contributed by atoms with Crippen LogP contribution in [0.5, 0.6) is 5.75 Å². The summed E-state index contributed by atoms with van der Waals surface area (Å²) >= 11 is 0. The summed E-state index contributed by atoms with van der Waals surface area (Å²) in [5.74, 6) is 0.717. The zero-order chi connectivity index (χ0) is 13.2. The van der Waals surface area contributed by atoms with Crippen molar-refractivity contribution >= 4 is 20.6 Å². The van der Waals surface area contributed by atoms with Gasteiger partial charge in [0.1, 0.15) is 5.75 Å². The first-order valence-electron chi connectivity index (χ1n) is 5.57. The second kappa shape index (κ2) is 4.96. The highest BCUT2D eigenvalue weighted by atomic mass is 32.2. The third-order valence-electron chi connectivity index (χ3n) is 2.76. The Hall–Kier alpha value is -1.59. The Balaban J connectivity index is 2.52. The van der Waals surface area contributed by atoms with Gasteiger partial charge in [0.05, 0.1) is 17.8 Å². The average molecular weight is 265 g/mol. The summed E-state index contributed by atoms with van der Waals surface area (Å²) < 4.78 is 28.9. The van der Waals surface area contributed by atoms with Gasteiger partial charge in [-0.2, -0.15) is 0 Å². The molecule has 2 rings (SSSR count). The van der Waals surface area contributed by atoms with Gasteiger partial charge in [0.15, 0.2) is 9.84 Å². The summed E-state index contributed by atoms with van der Waals surface area (Å²) in [6.45, 7) is 0.128. The van der Waals surface area contributed by atoms with Crippen LogP contribution < -0.4 is 10.5 Å². The summed E-state index contributed by atoms with van der Waals surface area (Å²) in [6.07, 6.45) is 0. The van der Waals surface area contributed by atoms with Gasteiger partial charge in [-0.25, -0.2) is 8.42 Å². The van der Waals surface area contributed by atoms with Crippen LogP contribution in [0.15, 0.2) is 41.3 Å². The maximum Gasteiger partial charge on any atom is 0.179 e. The van der Waals surface area contributed by atoms with Crippen molar-refractivity contribution in [2.24, 2.45) is 5.73 Å². The van der Waals surface area contributed by atoms with E-state index >= 15 is 0 Å². The number of benzene rings is 2. The molecule has 2 N–H and O–H groups in total. The molecule has 0 saturated heterocycles. The normalized spacial score (nSPS) is 11.7. The number of rotatable bonds is 4. The van der Waals surface area contributed by atoms with Crippen LogP contribution in [0.4, 0.5) is 0 Å². The van der Waals surface area contributed by atoms with Crippen LogP contribution >= 0.6 is 0 Å². The third kappa shape index (κ3) is 2.47. The van der Waals surface area contributed by atoms with Gasteiger partial charge in [-0.15, -0.1) is 0 Å². The molecule has 0 heterocycles. The number of nitrogens with two attached hydrogens (primary N) is 1. The quantitative estimate of drug-likeness (QED) is 0.911. The monoisotopic (exact) mass is 265 g/mol. The predicted molar refractivity (Wildman–Crippen MR) is 71.6 cm³/mol. The van der Waals surface area contributed by atoms with Crippen LogP contribution in [0.1, 0.15) is 0 Å². The number of hydrogen-bond donors (Lipinski definition) is 1. The van der Waals surface area contributed by atoms with Crippen molar-refractivity contribution in [3.05, 3.63) is 36.4 Å². The van der Waals surface area contributed by atoms with E-state index in [-0.39, 0.29) is 12.3 Å². The van der Waals surface area contributed by atoms with E-state index in [1.807, 2.05) is 18.2 Å². The van der Waals surface area contributed by atoms with Crippen molar-refractivity contribution in [3.8, 4) is 5.75 Å². The molecule has 0 atom stereocenters. The molecule has 0 aliphatic rings. The SMILES string of the molecule is COc1ccc2cc(S(=O)(=O)CCN)ccc2c1. The van der Waals surface area contributed by atoms with E-state index in [4.69, 9.17) is 10.5 Å². The van der Waals surface area contributed by atoms with Crippen LogP contribution in [0, 0.1) is 0 Å². The topological polar surface area (TPSA) is 69.4 Å². The van der Waals surface area contributed by atoms with Gasteiger partial charge >= 0.3 is 0 Å². The molecule has 0 radical (unpaired) electrons. The molecule has 0 spiro atoms. The summed E-state index contributed by atoms with van der Waals surface area (Å²) in [4.78, 5) is 0.311. The Labute approximate surface area is 106 Å². The van der Waals surface area contributed by atoms with Crippen molar-refractivity contribution in [1.82, 2.24) is 0 Å². The third-order valence-corrected chi connectivity index (χ3v) is 4.51. The summed E-state index contributed by atoms with van der Waals surface area (Å²) in [6, 6.07) is 10.6. The molecule has 2 aromatic rings. The molecule has 96 valence electrons. The maximum absolute atomic E-state index is 11.9. The largest absolute Gasteiger partial charge is 0.497 e. The van der Waals surface area contributed by atoms with Crippen molar-refractivity contribution in [1.29, 1.82) is 0 Å². The van der Waals surface area contributed by atoms with Crippen LogP contribution in [0.3, 0.4) is 0 Å². The van der Waals surface area contributed by atoms with Crippen LogP contribution in [-0.4, -0.2) is 27.8 Å². The predicted octanol–water partition coefficient (Wildman–Crippen LogP) is 1.58. The molecule has 4 nitrogen and oxygen atoms in total. The fraction of sp³-hybridized carbons (Fsp3) is 0.231. The van der Waals surface area contributed by atoms with Gasteiger partial charge in [-0.1, -0.05) is 12.1 Å². The Morgan fingerprint density at radius 2 is 1.78 bits per heavy atom. The zero-order valence-electron chi connectivity index (χ0n) is 10.1. The van der Waals surface area contributed by atoms with Crippen molar-refractivity contribution in [2.75, 3.05) is 19.4 Å². The van der Waals surface area contributed by atoms with Crippen LogP contribution in [0.2, 0.25) is 0 Å². The first-order chi connectivity index (χ1) is 8.56. The second-order valence-corrected chi connectivity index (χ2v) is 6.09. The highest BCUT2D eigenvalue weighted by molar-refractivity contribution is 7.91. The molecule has 0 aliphatic heterocycles. The lowest BCUT2D eigenvalue weighted by Crippen LogP contribution is -2.15. The summed E-state index contributed by atoms with van der Waals surface area (Å²) in [5.41, 5.74) is 5.31. The molecule has 0 bridgehead atoms. The lowest BCUT2D eigenvalue weighted by molar-refractivity contribution is 0.415. The molecular formula is C13H15NO3S. The van der Waals surface area contributed by atoms with Crippen molar-refractivity contribution < 1.29 is 13.2 Å². The number of methoxy groups -OCH3 is 1.